The van der Waals surface area contributed by atoms with Crippen molar-refractivity contribution < 1.29 is 19.0 Å². The number of hydrogen-bond acceptors (Lipinski definition) is 5. The highest BCUT2D eigenvalue weighted by Gasteiger charge is 2.17. The van der Waals surface area contributed by atoms with E-state index in [0.29, 0.717) is 17.1 Å². The Bertz CT molecular complexity index is 812. The lowest BCUT2D eigenvalue weighted by Gasteiger charge is -2.16. The highest BCUT2D eigenvalue weighted by molar-refractivity contribution is 6.32. The minimum Gasteiger partial charge on any atom is -0.493 e. The molecule has 0 spiro atoms. The van der Waals surface area contributed by atoms with Crippen LogP contribution in [0.4, 0.5) is 0 Å². The van der Waals surface area contributed by atoms with Crippen LogP contribution >= 0.6 is 11.6 Å². The van der Waals surface area contributed by atoms with Gasteiger partial charge in [-0.1, -0.05) is 23.7 Å². The highest BCUT2D eigenvalue weighted by atomic mass is 35.5. The number of nitriles is 1. The van der Waals surface area contributed by atoms with Crippen LogP contribution in [0.15, 0.2) is 36.4 Å². The molecule has 130 valence electrons. The summed E-state index contributed by atoms with van der Waals surface area (Å²) in [6.07, 6.45) is -0.0865. The maximum absolute atomic E-state index is 12.3. The minimum atomic E-state index is -0.543. The molecular weight excluding hydrogens is 342 g/mol. The molecule has 0 unspecified atom stereocenters. The molecule has 0 aliphatic carbocycles. The largest absolute Gasteiger partial charge is 0.493 e. The molecule has 0 aliphatic heterocycles. The normalized spacial score (nSPS) is 10.2. The number of benzene rings is 2. The third kappa shape index (κ3) is 4.88. The molecule has 0 atom stereocenters. The molecule has 0 N–H and O–H groups in total. The zero-order chi connectivity index (χ0) is 18.4. The van der Waals surface area contributed by atoms with Gasteiger partial charge in [-0.05, 0) is 43.7 Å². The van der Waals surface area contributed by atoms with Crippen LogP contribution in [0.3, 0.4) is 0 Å². The molecule has 2 aromatic carbocycles. The third-order valence-electron chi connectivity index (χ3n) is 3.24. The number of halogens is 1. The molecule has 0 amide bonds. The molecule has 0 saturated heterocycles. The number of nitrogens with zero attached hydrogens (tertiary/aromatic N) is 1. The first-order chi connectivity index (χ1) is 11.9. The summed E-state index contributed by atoms with van der Waals surface area (Å²) in [5.74, 6) is 0.204. The van der Waals surface area contributed by atoms with Crippen molar-refractivity contribution in [3.63, 3.8) is 0 Å². The fourth-order valence-electron chi connectivity index (χ4n) is 2.15. The Morgan fingerprint density at radius 2 is 2.04 bits per heavy atom. The second kappa shape index (κ2) is 8.41. The van der Waals surface area contributed by atoms with Crippen LogP contribution < -0.4 is 9.47 Å². The number of rotatable bonds is 6. The van der Waals surface area contributed by atoms with E-state index in [2.05, 4.69) is 0 Å². The summed E-state index contributed by atoms with van der Waals surface area (Å²) >= 11 is 6.21. The second-order valence-corrected chi connectivity index (χ2v) is 5.95. The van der Waals surface area contributed by atoms with Crippen LogP contribution in [0.1, 0.15) is 35.3 Å². The molecule has 0 heterocycles. The van der Waals surface area contributed by atoms with Crippen molar-refractivity contribution in [2.75, 3.05) is 7.11 Å². The van der Waals surface area contributed by atoms with Crippen molar-refractivity contribution in [3.8, 4) is 17.6 Å². The van der Waals surface area contributed by atoms with Crippen molar-refractivity contribution >= 4 is 17.6 Å². The van der Waals surface area contributed by atoms with Crippen LogP contribution in [0, 0.1) is 11.3 Å². The van der Waals surface area contributed by atoms with Crippen molar-refractivity contribution in [1.82, 2.24) is 0 Å². The molecule has 0 radical (unpaired) electrons. The van der Waals surface area contributed by atoms with Gasteiger partial charge in [0.05, 0.1) is 35.4 Å². The van der Waals surface area contributed by atoms with Gasteiger partial charge < -0.3 is 14.2 Å². The molecule has 0 saturated carbocycles. The molecule has 2 aromatic rings. The summed E-state index contributed by atoms with van der Waals surface area (Å²) in [5, 5.41) is 9.17. The zero-order valence-electron chi connectivity index (χ0n) is 14.2. The van der Waals surface area contributed by atoms with Gasteiger partial charge in [0.25, 0.3) is 0 Å². The van der Waals surface area contributed by atoms with Gasteiger partial charge in [0, 0.05) is 0 Å². The van der Waals surface area contributed by atoms with Crippen molar-refractivity contribution in [2.24, 2.45) is 0 Å². The van der Waals surface area contributed by atoms with Gasteiger partial charge >= 0.3 is 5.97 Å². The van der Waals surface area contributed by atoms with Crippen LogP contribution in [0.2, 0.25) is 5.02 Å². The summed E-state index contributed by atoms with van der Waals surface area (Å²) in [6.45, 7) is 3.79. The quantitative estimate of drug-likeness (QED) is 0.716. The molecule has 0 bridgehead atoms. The Morgan fingerprint density at radius 3 is 2.68 bits per heavy atom. The lowest BCUT2D eigenvalue weighted by molar-refractivity contribution is 0.0472. The first-order valence-corrected chi connectivity index (χ1v) is 8.02. The van der Waals surface area contributed by atoms with E-state index in [1.54, 1.807) is 24.3 Å². The zero-order valence-corrected chi connectivity index (χ0v) is 15.0. The predicted molar refractivity (Wildman–Crippen MR) is 94.0 cm³/mol. The van der Waals surface area contributed by atoms with E-state index in [1.807, 2.05) is 19.9 Å². The topological polar surface area (TPSA) is 68.5 Å². The smallest absolute Gasteiger partial charge is 0.338 e. The lowest BCUT2D eigenvalue weighted by Crippen LogP contribution is -2.09. The van der Waals surface area contributed by atoms with Crippen LogP contribution in [0.25, 0.3) is 0 Å². The number of hydrogen-bond donors (Lipinski definition) is 0. The molecule has 0 aliphatic rings. The Morgan fingerprint density at radius 1 is 1.28 bits per heavy atom. The van der Waals surface area contributed by atoms with Gasteiger partial charge in [0.2, 0.25) is 0 Å². The molecule has 6 heteroatoms. The van der Waals surface area contributed by atoms with E-state index in [0.717, 1.165) is 5.56 Å². The number of methoxy groups -OCH3 is 1. The van der Waals surface area contributed by atoms with Gasteiger partial charge in [-0.2, -0.15) is 5.26 Å². The minimum absolute atomic E-state index is 0.0541. The second-order valence-electron chi connectivity index (χ2n) is 5.54. The Labute approximate surface area is 151 Å². The van der Waals surface area contributed by atoms with Crippen molar-refractivity contribution in [1.29, 1.82) is 5.26 Å². The molecule has 0 aromatic heterocycles. The van der Waals surface area contributed by atoms with Crippen molar-refractivity contribution in [2.45, 2.75) is 26.6 Å². The van der Waals surface area contributed by atoms with Gasteiger partial charge in [0.1, 0.15) is 6.61 Å². The molecule has 5 nitrogen and oxygen atoms in total. The van der Waals surface area contributed by atoms with Crippen molar-refractivity contribution in [3.05, 3.63) is 58.1 Å². The van der Waals surface area contributed by atoms with E-state index in [-0.39, 0.29) is 23.3 Å². The van der Waals surface area contributed by atoms with Gasteiger partial charge in [-0.25, -0.2) is 4.79 Å². The standard InChI is InChI=1S/C19H18ClNO4/c1-12(2)25-18-16(20)8-15(9-17(18)23-3)19(22)24-11-14-6-4-5-13(7-14)10-21/h4-9,12H,11H2,1-3H3. The Kier molecular flexibility index (Phi) is 6.26. The molecule has 2 rings (SSSR count). The monoisotopic (exact) mass is 359 g/mol. The summed E-state index contributed by atoms with van der Waals surface area (Å²) < 4.78 is 16.2. The maximum Gasteiger partial charge on any atom is 0.338 e. The van der Waals surface area contributed by atoms with E-state index in [9.17, 15) is 4.79 Å². The third-order valence-corrected chi connectivity index (χ3v) is 3.53. The number of carbonyl (C=O) groups is 1. The number of esters is 1. The van der Waals surface area contributed by atoms with Gasteiger partial charge in [-0.3, -0.25) is 0 Å². The fraction of sp³-hybridized carbons (Fsp3) is 0.263. The van der Waals surface area contributed by atoms with Gasteiger partial charge in [0.15, 0.2) is 11.5 Å². The first-order valence-electron chi connectivity index (χ1n) is 7.65. The van der Waals surface area contributed by atoms with E-state index in [4.69, 9.17) is 31.1 Å². The van der Waals surface area contributed by atoms with Gasteiger partial charge in [-0.15, -0.1) is 0 Å². The Hall–Kier alpha value is -2.71. The highest BCUT2D eigenvalue weighted by Crippen LogP contribution is 2.37. The fourth-order valence-corrected chi connectivity index (χ4v) is 2.41. The van der Waals surface area contributed by atoms with E-state index < -0.39 is 5.97 Å². The summed E-state index contributed by atoms with van der Waals surface area (Å²) in [6, 6.07) is 11.9. The molecule has 0 fully saturated rings. The average Bonchev–Trinajstić information content (AvgIpc) is 2.61. The van der Waals surface area contributed by atoms with E-state index >= 15 is 0 Å². The number of ether oxygens (including phenoxy) is 3. The SMILES string of the molecule is COc1cc(C(=O)OCc2cccc(C#N)c2)cc(Cl)c1OC(C)C. The first kappa shape index (κ1) is 18.6. The average molecular weight is 360 g/mol. The van der Waals surface area contributed by atoms with Crippen LogP contribution in [-0.4, -0.2) is 19.2 Å². The summed E-state index contributed by atoms with van der Waals surface area (Å²) in [4.78, 5) is 12.3. The Balaban J connectivity index is 2.16. The summed E-state index contributed by atoms with van der Waals surface area (Å²) in [5.41, 5.74) is 1.49. The van der Waals surface area contributed by atoms with Crippen LogP contribution in [0.5, 0.6) is 11.5 Å². The molecule has 25 heavy (non-hydrogen) atoms. The number of carbonyl (C=O) groups excluding carboxylic acids is 1. The lowest BCUT2D eigenvalue weighted by atomic mass is 10.1. The maximum atomic E-state index is 12.3. The molecular formula is C19H18ClNO4. The van der Waals surface area contributed by atoms with Crippen LogP contribution in [-0.2, 0) is 11.3 Å². The summed E-state index contributed by atoms with van der Waals surface area (Å²) in [7, 11) is 1.47. The van der Waals surface area contributed by atoms with E-state index in [1.165, 1.54) is 19.2 Å². The predicted octanol–water partition coefficient (Wildman–Crippen LogP) is 4.36.